The van der Waals surface area contributed by atoms with E-state index in [-0.39, 0.29) is 18.4 Å². The van der Waals surface area contributed by atoms with E-state index in [4.69, 9.17) is 4.74 Å². The molecular formula is C23H25N3O3. The highest BCUT2D eigenvalue weighted by Crippen LogP contribution is 2.18. The average molecular weight is 391 g/mol. The summed E-state index contributed by atoms with van der Waals surface area (Å²) in [5, 5.41) is 5.42. The number of hydrogen-bond acceptors (Lipinski definition) is 3. The third kappa shape index (κ3) is 5.04. The number of benzene rings is 2. The molecule has 2 aromatic carbocycles. The lowest BCUT2D eigenvalue weighted by Gasteiger charge is -2.11. The smallest absolute Gasteiger partial charge is 0.251 e. The lowest BCUT2D eigenvalue weighted by Crippen LogP contribution is -2.32. The Morgan fingerprint density at radius 3 is 2.10 bits per heavy atom. The van der Waals surface area contributed by atoms with Crippen molar-refractivity contribution in [1.29, 1.82) is 0 Å². The Hall–Kier alpha value is -3.54. The molecular weight excluding hydrogens is 366 g/mol. The maximum absolute atomic E-state index is 12.2. The fraction of sp³-hybridized carbons (Fsp3) is 0.217. The number of nitrogens with one attached hydrogen (secondary N) is 2. The van der Waals surface area contributed by atoms with Crippen LogP contribution in [0.2, 0.25) is 0 Å². The van der Waals surface area contributed by atoms with E-state index in [1.165, 1.54) is 0 Å². The van der Waals surface area contributed by atoms with Crippen LogP contribution in [0.5, 0.6) is 5.75 Å². The van der Waals surface area contributed by atoms with E-state index in [9.17, 15) is 9.59 Å². The topological polar surface area (TPSA) is 72.4 Å². The van der Waals surface area contributed by atoms with Gasteiger partial charge in [-0.3, -0.25) is 9.59 Å². The Morgan fingerprint density at radius 1 is 0.897 bits per heavy atom. The summed E-state index contributed by atoms with van der Waals surface area (Å²) in [7, 11) is 0. The van der Waals surface area contributed by atoms with Gasteiger partial charge in [-0.15, -0.1) is 0 Å². The van der Waals surface area contributed by atoms with Crippen LogP contribution in [0.4, 0.5) is 5.69 Å². The quantitative estimate of drug-likeness (QED) is 0.642. The zero-order chi connectivity index (χ0) is 20.8. The van der Waals surface area contributed by atoms with E-state index in [0.29, 0.717) is 23.6 Å². The minimum absolute atomic E-state index is 0.108. The van der Waals surface area contributed by atoms with Gasteiger partial charge in [-0.25, -0.2) is 0 Å². The van der Waals surface area contributed by atoms with Gasteiger partial charge >= 0.3 is 0 Å². The Bertz CT molecular complexity index is 970. The molecule has 6 heteroatoms. The number of nitrogens with zero attached hydrogens (tertiary/aromatic N) is 1. The minimum Gasteiger partial charge on any atom is -0.494 e. The van der Waals surface area contributed by atoms with Crippen LogP contribution in [0.1, 0.15) is 28.7 Å². The highest BCUT2D eigenvalue weighted by Gasteiger charge is 2.09. The molecule has 0 atom stereocenters. The van der Waals surface area contributed by atoms with Crippen LogP contribution < -0.4 is 15.4 Å². The molecule has 0 aliphatic carbocycles. The maximum Gasteiger partial charge on any atom is 0.251 e. The second-order valence-electron chi connectivity index (χ2n) is 6.69. The molecule has 0 saturated heterocycles. The zero-order valence-electron chi connectivity index (χ0n) is 16.9. The van der Waals surface area contributed by atoms with Crippen molar-refractivity contribution < 1.29 is 14.3 Å². The Balaban J connectivity index is 1.53. The molecule has 0 bridgehead atoms. The first-order chi connectivity index (χ1) is 14.0. The van der Waals surface area contributed by atoms with Crippen LogP contribution in [0.15, 0.2) is 60.7 Å². The molecule has 3 rings (SSSR count). The third-order valence-corrected chi connectivity index (χ3v) is 4.52. The average Bonchev–Trinajstić information content (AvgIpc) is 3.06. The van der Waals surface area contributed by atoms with Crippen molar-refractivity contribution >= 4 is 17.5 Å². The van der Waals surface area contributed by atoms with E-state index < -0.39 is 0 Å². The van der Waals surface area contributed by atoms with Gasteiger partial charge in [0.15, 0.2) is 0 Å². The number of aryl methyl sites for hydroxylation is 2. The molecule has 0 aliphatic heterocycles. The molecule has 1 heterocycles. The number of ether oxygens (including phenoxy) is 1. The molecule has 1 aromatic heterocycles. The van der Waals surface area contributed by atoms with E-state index in [1.54, 1.807) is 24.3 Å². The molecule has 0 radical (unpaired) electrons. The second-order valence-corrected chi connectivity index (χ2v) is 6.69. The third-order valence-electron chi connectivity index (χ3n) is 4.52. The fourth-order valence-corrected chi connectivity index (χ4v) is 3.11. The largest absolute Gasteiger partial charge is 0.494 e. The number of anilines is 1. The van der Waals surface area contributed by atoms with Gasteiger partial charge < -0.3 is 19.9 Å². The lowest BCUT2D eigenvalue weighted by atomic mass is 10.2. The summed E-state index contributed by atoms with van der Waals surface area (Å²) in [6, 6.07) is 18.5. The number of amides is 2. The standard InChI is InChI=1S/C23H25N3O3/c1-4-29-21-13-7-18(8-14-21)23(28)24-15-22(27)25-19-9-11-20(12-10-19)26-16(2)5-6-17(26)3/h5-14H,4,15H2,1-3H3,(H,24,28)(H,25,27). The molecule has 0 fully saturated rings. The van der Waals surface area contributed by atoms with Crippen LogP contribution in [-0.2, 0) is 4.79 Å². The number of carbonyl (C=O) groups excluding carboxylic acids is 2. The van der Waals surface area contributed by atoms with Crippen LogP contribution in [0.3, 0.4) is 0 Å². The molecule has 6 nitrogen and oxygen atoms in total. The zero-order valence-corrected chi connectivity index (χ0v) is 16.9. The summed E-state index contributed by atoms with van der Waals surface area (Å²) in [4.78, 5) is 24.3. The first-order valence-electron chi connectivity index (χ1n) is 9.54. The molecule has 2 amide bonds. The van der Waals surface area contributed by atoms with Gasteiger partial charge in [-0.05, 0) is 81.4 Å². The molecule has 150 valence electrons. The Labute approximate surface area is 170 Å². The summed E-state index contributed by atoms with van der Waals surface area (Å²) in [5.74, 6) is 0.109. The Kier molecular flexibility index (Phi) is 6.34. The maximum atomic E-state index is 12.2. The molecule has 2 N–H and O–H groups in total. The van der Waals surface area contributed by atoms with Gasteiger partial charge in [-0.1, -0.05) is 0 Å². The molecule has 3 aromatic rings. The van der Waals surface area contributed by atoms with Crippen molar-refractivity contribution in [3.63, 3.8) is 0 Å². The van der Waals surface area contributed by atoms with Gasteiger partial charge in [0.05, 0.1) is 13.2 Å². The summed E-state index contributed by atoms with van der Waals surface area (Å²) in [6.07, 6.45) is 0. The number of carbonyl (C=O) groups is 2. The van der Waals surface area contributed by atoms with Crippen LogP contribution in [-0.4, -0.2) is 29.5 Å². The number of rotatable bonds is 7. The van der Waals surface area contributed by atoms with Crippen LogP contribution >= 0.6 is 0 Å². The molecule has 0 unspecified atom stereocenters. The predicted molar refractivity (Wildman–Crippen MR) is 114 cm³/mol. The summed E-state index contributed by atoms with van der Waals surface area (Å²) in [5.41, 5.74) is 4.49. The predicted octanol–water partition coefficient (Wildman–Crippen LogP) is 3.86. The molecule has 29 heavy (non-hydrogen) atoms. The molecule has 0 aliphatic rings. The summed E-state index contributed by atoms with van der Waals surface area (Å²) >= 11 is 0. The normalized spacial score (nSPS) is 10.4. The van der Waals surface area contributed by atoms with Gasteiger partial charge in [-0.2, -0.15) is 0 Å². The fourth-order valence-electron chi connectivity index (χ4n) is 3.11. The van der Waals surface area contributed by atoms with Crippen LogP contribution in [0, 0.1) is 13.8 Å². The number of aromatic nitrogens is 1. The first-order valence-corrected chi connectivity index (χ1v) is 9.54. The van der Waals surface area contributed by atoms with Gasteiger partial charge in [0.2, 0.25) is 5.91 Å². The van der Waals surface area contributed by atoms with Crippen LogP contribution in [0.25, 0.3) is 5.69 Å². The van der Waals surface area contributed by atoms with Crippen molar-refractivity contribution in [2.24, 2.45) is 0 Å². The first kappa shape index (κ1) is 20.2. The lowest BCUT2D eigenvalue weighted by molar-refractivity contribution is -0.115. The highest BCUT2D eigenvalue weighted by molar-refractivity contribution is 5.99. The van der Waals surface area contributed by atoms with Crippen molar-refractivity contribution in [2.75, 3.05) is 18.5 Å². The van der Waals surface area contributed by atoms with Gasteiger partial charge in [0.1, 0.15) is 5.75 Å². The summed E-state index contributed by atoms with van der Waals surface area (Å²) < 4.78 is 7.49. The minimum atomic E-state index is -0.308. The Morgan fingerprint density at radius 2 is 1.52 bits per heavy atom. The molecule has 0 spiro atoms. The van der Waals surface area contributed by atoms with E-state index in [0.717, 1.165) is 17.1 Å². The van der Waals surface area contributed by atoms with Crippen molar-refractivity contribution in [3.05, 3.63) is 77.6 Å². The van der Waals surface area contributed by atoms with E-state index >= 15 is 0 Å². The van der Waals surface area contributed by atoms with Gasteiger partial charge in [0.25, 0.3) is 5.91 Å². The summed E-state index contributed by atoms with van der Waals surface area (Å²) in [6.45, 7) is 6.46. The molecule has 0 saturated carbocycles. The second kappa shape index (κ2) is 9.10. The van der Waals surface area contributed by atoms with E-state index in [2.05, 4.69) is 41.2 Å². The van der Waals surface area contributed by atoms with Crippen molar-refractivity contribution in [1.82, 2.24) is 9.88 Å². The van der Waals surface area contributed by atoms with Gasteiger partial charge in [0, 0.05) is 28.3 Å². The number of hydrogen-bond donors (Lipinski definition) is 2. The highest BCUT2D eigenvalue weighted by atomic mass is 16.5. The SMILES string of the molecule is CCOc1ccc(C(=O)NCC(=O)Nc2ccc(-n3c(C)ccc3C)cc2)cc1. The monoisotopic (exact) mass is 391 g/mol. The van der Waals surface area contributed by atoms with Crippen molar-refractivity contribution in [2.45, 2.75) is 20.8 Å². The van der Waals surface area contributed by atoms with E-state index in [1.807, 2.05) is 31.2 Å². The van der Waals surface area contributed by atoms with Crippen molar-refractivity contribution in [3.8, 4) is 11.4 Å².